The van der Waals surface area contributed by atoms with E-state index < -0.39 is 0 Å². The van der Waals surface area contributed by atoms with Crippen molar-refractivity contribution < 1.29 is 14.3 Å². The normalized spacial score (nSPS) is 11.1. The second-order valence-electron chi connectivity index (χ2n) is 4.83. The molecule has 2 rings (SSSR count). The van der Waals surface area contributed by atoms with E-state index in [9.17, 15) is 9.59 Å². The zero-order valence-corrected chi connectivity index (χ0v) is 12.9. The van der Waals surface area contributed by atoms with Crippen LogP contribution in [0.4, 0.5) is 0 Å². The maximum Gasteiger partial charge on any atom is 0.253 e. The lowest BCUT2D eigenvalue weighted by molar-refractivity contribution is -0.134. The molecule has 0 atom stereocenters. The molecule has 0 spiro atoms. The molecule has 0 unspecified atom stereocenters. The fraction of sp³-hybridized carbons (Fsp3) is 0.167. The van der Waals surface area contributed by atoms with Crippen LogP contribution >= 0.6 is 0 Å². The molecule has 118 valence electrons. The molecule has 5 nitrogen and oxygen atoms in total. The Morgan fingerprint density at radius 2 is 1.91 bits per heavy atom. The molecular formula is C18H18N2O3. The van der Waals surface area contributed by atoms with Gasteiger partial charge in [0.25, 0.3) is 5.91 Å². The molecule has 0 saturated carbocycles. The van der Waals surface area contributed by atoms with Crippen LogP contribution in [0.15, 0.2) is 60.4 Å². The molecule has 0 aliphatic rings. The summed E-state index contributed by atoms with van der Waals surface area (Å²) in [6.07, 6.45) is 3.99. The van der Waals surface area contributed by atoms with Gasteiger partial charge in [-0.15, -0.1) is 0 Å². The van der Waals surface area contributed by atoms with Gasteiger partial charge in [-0.1, -0.05) is 36.4 Å². The fourth-order valence-electron chi connectivity index (χ4n) is 2.07. The number of hydrogen-bond donors (Lipinski definition) is 0. The number of rotatable bonds is 7. The highest BCUT2D eigenvalue weighted by Crippen LogP contribution is 2.13. The molecule has 1 aromatic heterocycles. The third-order valence-electron chi connectivity index (χ3n) is 3.16. The predicted molar refractivity (Wildman–Crippen MR) is 87.1 cm³/mol. The molecule has 0 radical (unpaired) electrons. The molecule has 5 heteroatoms. The van der Waals surface area contributed by atoms with Crippen LogP contribution in [-0.4, -0.2) is 35.8 Å². The zero-order chi connectivity index (χ0) is 16.5. The van der Waals surface area contributed by atoms with E-state index in [2.05, 4.69) is 4.98 Å². The third-order valence-corrected chi connectivity index (χ3v) is 3.16. The van der Waals surface area contributed by atoms with Gasteiger partial charge >= 0.3 is 0 Å². The van der Waals surface area contributed by atoms with Gasteiger partial charge in [-0.25, -0.2) is 0 Å². The van der Waals surface area contributed by atoms with E-state index in [1.807, 2.05) is 36.4 Å². The summed E-state index contributed by atoms with van der Waals surface area (Å²) < 4.78 is 4.91. The smallest absolute Gasteiger partial charge is 0.253 e. The second-order valence-corrected chi connectivity index (χ2v) is 4.83. The summed E-state index contributed by atoms with van der Waals surface area (Å²) in [5, 5.41) is 0. The quantitative estimate of drug-likeness (QED) is 0.581. The molecule has 0 aliphatic carbocycles. The lowest BCUT2D eigenvalue weighted by Crippen LogP contribution is -2.33. The highest BCUT2D eigenvalue weighted by atomic mass is 16.5. The predicted octanol–water partition coefficient (Wildman–Crippen LogP) is 2.30. The SMILES string of the molecule is COCC(=O)N(Cc1ccccn1)C(C=O)=Cc1ccccc1. The van der Waals surface area contributed by atoms with Crippen molar-refractivity contribution in [2.75, 3.05) is 13.7 Å². The van der Waals surface area contributed by atoms with Crippen molar-refractivity contribution in [2.45, 2.75) is 6.54 Å². The molecule has 1 amide bonds. The van der Waals surface area contributed by atoms with Gasteiger partial charge in [-0.3, -0.25) is 14.6 Å². The van der Waals surface area contributed by atoms with E-state index in [1.165, 1.54) is 12.0 Å². The van der Waals surface area contributed by atoms with Crippen LogP contribution in [0.3, 0.4) is 0 Å². The molecule has 1 heterocycles. The summed E-state index contributed by atoms with van der Waals surface area (Å²) in [5.41, 5.74) is 1.80. The van der Waals surface area contributed by atoms with Crippen LogP contribution in [0.1, 0.15) is 11.3 Å². The number of benzene rings is 1. The maximum absolute atomic E-state index is 12.3. The molecule has 23 heavy (non-hydrogen) atoms. The summed E-state index contributed by atoms with van der Waals surface area (Å²) in [6.45, 7) is 0.104. The van der Waals surface area contributed by atoms with Crippen molar-refractivity contribution in [1.29, 1.82) is 0 Å². The summed E-state index contributed by atoms with van der Waals surface area (Å²) in [5.74, 6) is -0.299. The van der Waals surface area contributed by atoms with E-state index in [-0.39, 0.29) is 24.8 Å². The highest BCUT2D eigenvalue weighted by Gasteiger charge is 2.18. The first-order valence-electron chi connectivity index (χ1n) is 7.15. The Kier molecular flexibility index (Phi) is 6.20. The summed E-state index contributed by atoms with van der Waals surface area (Å²) in [4.78, 5) is 29.4. The number of ether oxygens (including phenoxy) is 1. The van der Waals surface area contributed by atoms with Crippen LogP contribution in [0.5, 0.6) is 0 Å². The Labute approximate surface area is 135 Å². The topological polar surface area (TPSA) is 59.5 Å². The average Bonchev–Trinajstić information content (AvgIpc) is 2.60. The molecule has 0 saturated heterocycles. The fourth-order valence-corrected chi connectivity index (χ4v) is 2.07. The number of carbonyl (C=O) groups is 2. The van der Waals surface area contributed by atoms with Crippen LogP contribution in [0.2, 0.25) is 0 Å². The van der Waals surface area contributed by atoms with E-state index in [0.717, 1.165) is 5.56 Å². The number of amides is 1. The van der Waals surface area contributed by atoms with E-state index in [1.54, 1.807) is 24.4 Å². The Balaban J connectivity index is 2.32. The Morgan fingerprint density at radius 3 is 2.52 bits per heavy atom. The number of pyridine rings is 1. The van der Waals surface area contributed by atoms with E-state index >= 15 is 0 Å². The van der Waals surface area contributed by atoms with Gasteiger partial charge in [0.05, 0.1) is 17.9 Å². The first-order chi connectivity index (χ1) is 11.2. The lowest BCUT2D eigenvalue weighted by Gasteiger charge is -2.22. The standard InChI is InChI=1S/C18H18N2O3/c1-23-14-18(22)20(12-16-9-5-6-10-19-16)17(13-21)11-15-7-3-2-4-8-15/h2-11,13H,12,14H2,1H3. The van der Waals surface area contributed by atoms with E-state index in [0.29, 0.717) is 12.0 Å². The van der Waals surface area contributed by atoms with Crippen LogP contribution in [0, 0.1) is 0 Å². The number of aromatic nitrogens is 1. The Bertz CT molecular complexity index is 669. The number of carbonyl (C=O) groups excluding carboxylic acids is 2. The van der Waals surface area contributed by atoms with Gasteiger partial charge < -0.3 is 9.64 Å². The van der Waals surface area contributed by atoms with Gasteiger partial charge in [0, 0.05) is 13.3 Å². The minimum absolute atomic E-state index is 0.104. The van der Waals surface area contributed by atoms with Crippen LogP contribution in [0.25, 0.3) is 6.08 Å². The minimum atomic E-state index is -0.299. The monoisotopic (exact) mass is 310 g/mol. The lowest BCUT2D eigenvalue weighted by atomic mass is 10.2. The zero-order valence-electron chi connectivity index (χ0n) is 12.9. The minimum Gasteiger partial charge on any atom is -0.375 e. The molecule has 0 fully saturated rings. The molecule has 2 aromatic rings. The highest BCUT2D eigenvalue weighted by molar-refractivity contribution is 5.90. The first-order valence-corrected chi connectivity index (χ1v) is 7.15. The van der Waals surface area contributed by atoms with Crippen molar-refractivity contribution in [2.24, 2.45) is 0 Å². The second kappa shape index (κ2) is 8.60. The summed E-state index contributed by atoms with van der Waals surface area (Å²) in [7, 11) is 1.44. The molecule has 0 aliphatic heterocycles. The number of hydrogen-bond acceptors (Lipinski definition) is 4. The van der Waals surface area contributed by atoms with Gasteiger partial charge in [-0.05, 0) is 23.8 Å². The van der Waals surface area contributed by atoms with Crippen molar-refractivity contribution in [3.05, 3.63) is 71.7 Å². The third kappa shape index (κ3) is 4.86. The van der Waals surface area contributed by atoms with E-state index in [4.69, 9.17) is 4.74 Å². The molecule has 0 bridgehead atoms. The Morgan fingerprint density at radius 1 is 1.17 bits per heavy atom. The number of allylic oxidation sites excluding steroid dienone is 1. The maximum atomic E-state index is 12.3. The molecule has 1 aromatic carbocycles. The average molecular weight is 310 g/mol. The molecule has 0 N–H and O–H groups in total. The van der Waals surface area contributed by atoms with Gasteiger partial charge in [0.15, 0.2) is 6.29 Å². The van der Waals surface area contributed by atoms with Gasteiger partial charge in [-0.2, -0.15) is 0 Å². The number of aldehydes is 1. The van der Waals surface area contributed by atoms with Gasteiger partial charge in [0.2, 0.25) is 0 Å². The van der Waals surface area contributed by atoms with Crippen LogP contribution in [-0.2, 0) is 20.9 Å². The van der Waals surface area contributed by atoms with Crippen molar-refractivity contribution in [3.63, 3.8) is 0 Å². The largest absolute Gasteiger partial charge is 0.375 e. The number of nitrogens with zero attached hydrogens (tertiary/aromatic N) is 2. The molecular weight excluding hydrogens is 292 g/mol. The summed E-state index contributed by atoms with van der Waals surface area (Å²) in [6, 6.07) is 14.8. The van der Waals surface area contributed by atoms with Crippen molar-refractivity contribution in [3.8, 4) is 0 Å². The number of methoxy groups -OCH3 is 1. The Hall–Kier alpha value is -2.79. The van der Waals surface area contributed by atoms with Gasteiger partial charge in [0.1, 0.15) is 6.61 Å². The van der Waals surface area contributed by atoms with Crippen LogP contribution < -0.4 is 0 Å². The first kappa shape index (κ1) is 16.6. The summed E-state index contributed by atoms with van der Waals surface area (Å²) >= 11 is 0. The van der Waals surface area contributed by atoms with Crippen molar-refractivity contribution >= 4 is 18.3 Å². The van der Waals surface area contributed by atoms with Crippen molar-refractivity contribution in [1.82, 2.24) is 9.88 Å².